The average Bonchev–Trinajstić information content (AvgIpc) is 3.03. The van der Waals surface area contributed by atoms with Gasteiger partial charge in [-0.05, 0) is 54.2 Å². The van der Waals surface area contributed by atoms with Crippen molar-refractivity contribution in [1.82, 2.24) is 0 Å². The summed E-state index contributed by atoms with van der Waals surface area (Å²) in [6, 6.07) is 12.6. The highest BCUT2D eigenvalue weighted by Gasteiger charge is 2.39. The lowest BCUT2D eigenvalue weighted by Gasteiger charge is -2.39. The Balaban J connectivity index is 1.86. The molecule has 0 spiro atoms. The number of allylic oxidation sites excluding steroid dienone is 2. The predicted molar refractivity (Wildman–Crippen MR) is 95.5 cm³/mol. The lowest BCUT2D eigenvalue weighted by atomic mass is 9.75. The zero-order chi connectivity index (χ0) is 16.0. The summed E-state index contributed by atoms with van der Waals surface area (Å²) in [5, 5.41) is 4.53. The number of benzene rings is 2. The summed E-state index contributed by atoms with van der Waals surface area (Å²) >= 11 is 6.22. The summed E-state index contributed by atoms with van der Waals surface area (Å²) in [5.74, 6) is 1.87. The summed E-state index contributed by atoms with van der Waals surface area (Å²) in [7, 11) is 1.73. The molecule has 3 heteroatoms. The highest BCUT2D eigenvalue weighted by atomic mass is 35.5. The lowest BCUT2D eigenvalue weighted by molar-refractivity contribution is 0.396. The Morgan fingerprint density at radius 2 is 2.09 bits per heavy atom. The van der Waals surface area contributed by atoms with Crippen molar-refractivity contribution in [3.63, 3.8) is 0 Å². The molecule has 0 fully saturated rings. The Bertz CT molecular complexity index is 783. The van der Waals surface area contributed by atoms with Crippen molar-refractivity contribution in [3.8, 4) is 5.75 Å². The molecule has 1 aliphatic heterocycles. The molecule has 0 bridgehead atoms. The lowest BCUT2D eigenvalue weighted by Crippen LogP contribution is -2.30. The molecule has 1 N–H and O–H groups in total. The molecule has 2 aromatic rings. The topological polar surface area (TPSA) is 21.3 Å². The number of fused-ring (bicyclic) bond motifs is 3. The van der Waals surface area contributed by atoms with Gasteiger partial charge in [0.1, 0.15) is 5.75 Å². The highest BCUT2D eigenvalue weighted by Crippen LogP contribution is 2.53. The molecule has 1 aliphatic carbocycles. The Morgan fingerprint density at radius 3 is 2.87 bits per heavy atom. The van der Waals surface area contributed by atoms with Crippen molar-refractivity contribution < 1.29 is 4.74 Å². The van der Waals surface area contributed by atoms with Crippen LogP contribution in [0.3, 0.4) is 0 Å². The Kier molecular flexibility index (Phi) is 3.57. The Hall–Kier alpha value is -1.93. The van der Waals surface area contributed by atoms with Gasteiger partial charge in [0.25, 0.3) is 0 Å². The molecule has 1 heterocycles. The first-order chi connectivity index (χ1) is 11.2. The van der Waals surface area contributed by atoms with E-state index >= 15 is 0 Å². The van der Waals surface area contributed by atoms with E-state index < -0.39 is 0 Å². The fourth-order valence-electron chi connectivity index (χ4n) is 4.07. The maximum Gasteiger partial charge on any atom is 0.142 e. The molecule has 118 valence electrons. The van der Waals surface area contributed by atoms with Gasteiger partial charge in [-0.15, -0.1) is 0 Å². The molecule has 2 aromatic carbocycles. The minimum atomic E-state index is 0.247. The highest BCUT2D eigenvalue weighted by molar-refractivity contribution is 6.30. The second-order valence-electron chi connectivity index (χ2n) is 6.40. The van der Waals surface area contributed by atoms with Crippen LogP contribution in [0, 0.1) is 12.8 Å². The van der Waals surface area contributed by atoms with Gasteiger partial charge in [0.2, 0.25) is 0 Å². The number of rotatable bonds is 2. The number of halogens is 1. The van der Waals surface area contributed by atoms with Crippen molar-refractivity contribution >= 4 is 17.3 Å². The quantitative estimate of drug-likeness (QED) is 0.738. The van der Waals surface area contributed by atoms with Gasteiger partial charge in [-0.25, -0.2) is 0 Å². The van der Waals surface area contributed by atoms with Gasteiger partial charge in [-0.2, -0.15) is 0 Å². The van der Waals surface area contributed by atoms with Crippen LogP contribution in [-0.2, 0) is 0 Å². The van der Waals surface area contributed by atoms with Gasteiger partial charge < -0.3 is 10.1 Å². The Morgan fingerprint density at radius 1 is 1.22 bits per heavy atom. The third-order valence-corrected chi connectivity index (χ3v) is 5.36. The van der Waals surface area contributed by atoms with E-state index in [2.05, 4.69) is 48.7 Å². The first-order valence-corrected chi connectivity index (χ1v) is 8.43. The zero-order valence-electron chi connectivity index (χ0n) is 13.3. The van der Waals surface area contributed by atoms with Crippen LogP contribution >= 0.6 is 11.6 Å². The van der Waals surface area contributed by atoms with Crippen molar-refractivity contribution in [2.75, 3.05) is 12.4 Å². The molecule has 2 aliphatic rings. The molecule has 3 atom stereocenters. The maximum atomic E-state index is 6.22. The van der Waals surface area contributed by atoms with Gasteiger partial charge in [0, 0.05) is 10.9 Å². The monoisotopic (exact) mass is 325 g/mol. The number of nitrogens with one attached hydrogen (secondary N) is 1. The number of ether oxygens (including phenoxy) is 1. The normalized spacial score (nSPS) is 24.7. The van der Waals surface area contributed by atoms with Crippen LogP contribution in [0.2, 0.25) is 5.02 Å². The fourth-order valence-corrected chi connectivity index (χ4v) is 4.27. The van der Waals surface area contributed by atoms with Crippen LogP contribution in [0.25, 0.3) is 0 Å². The summed E-state index contributed by atoms with van der Waals surface area (Å²) in [6.07, 6.45) is 5.75. The summed E-state index contributed by atoms with van der Waals surface area (Å²) in [6.45, 7) is 2.18. The first kappa shape index (κ1) is 14.6. The van der Waals surface area contributed by atoms with E-state index in [0.717, 1.165) is 22.9 Å². The third-order valence-electron chi connectivity index (χ3n) is 5.13. The molecule has 0 aromatic heterocycles. The molecular formula is C20H20ClNO. The van der Waals surface area contributed by atoms with Gasteiger partial charge >= 0.3 is 0 Å². The molecule has 4 rings (SSSR count). The second kappa shape index (κ2) is 5.61. The van der Waals surface area contributed by atoms with E-state index in [-0.39, 0.29) is 6.04 Å². The number of methoxy groups -OCH3 is 1. The van der Waals surface area contributed by atoms with Crippen LogP contribution < -0.4 is 10.1 Å². The third kappa shape index (κ3) is 2.33. The fraction of sp³-hybridized carbons (Fsp3) is 0.300. The maximum absolute atomic E-state index is 6.22. The molecular weight excluding hydrogens is 306 g/mol. The number of hydrogen-bond acceptors (Lipinski definition) is 2. The van der Waals surface area contributed by atoms with E-state index in [0.29, 0.717) is 11.8 Å². The van der Waals surface area contributed by atoms with E-state index in [1.54, 1.807) is 7.11 Å². The molecule has 23 heavy (non-hydrogen) atoms. The average molecular weight is 326 g/mol. The summed E-state index contributed by atoms with van der Waals surface area (Å²) in [4.78, 5) is 0. The molecule has 0 radical (unpaired) electrons. The summed E-state index contributed by atoms with van der Waals surface area (Å²) < 4.78 is 5.61. The van der Waals surface area contributed by atoms with Gasteiger partial charge in [0.05, 0.1) is 18.8 Å². The van der Waals surface area contributed by atoms with Crippen molar-refractivity contribution in [1.29, 1.82) is 0 Å². The number of anilines is 1. The molecule has 2 nitrogen and oxygen atoms in total. The van der Waals surface area contributed by atoms with E-state index in [4.69, 9.17) is 16.3 Å². The van der Waals surface area contributed by atoms with E-state index in [1.165, 1.54) is 16.7 Å². The minimum absolute atomic E-state index is 0.247. The minimum Gasteiger partial charge on any atom is -0.495 e. The van der Waals surface area contributed by atoms with Crippen LogP contribution in [0.1, 0.15) is 35.1 Å². The van der Waals surface area contributed by atoms with Gasteiger partial charge in [-0.3, -0.25) is 0 Å². The van der Waals surface area contributed by atoms with Crippen LogP contribution in [0.5, 0.6) is 5.75 Å². The zero-order valence-corrected chi connectivity index (χ0v) is 14.1. The number of aryl methyl sites for hydroxylation is 1. The predicted octanol–water partition coefficient (Wildman–Crippen LogP) is 5.48. The van der Waals surface area contributed by atoms with Gasteiger partial charge in [-0.1, -0.05) is 42.0 Å². The van der Waals surface area contributed by atoms with Crippen molar-refractivity contribution in [2.45, 2.75) is 25.3 Å². The van der Waals surface area contributed by atoms with Crippen LogP contribution in [-0.4, -0.2) is 7.11 Å². The SMILES string of the molecule is COc1ccc(C)c2c1N[C@H](c1cccc(Cl)c1)[C@@H]1CC=C[C@@H]21. The largest absolute Gasteiger partial charge is 0.495 e. The van der Waals surface area contributed by atoms with Crippen molar-refractivity contribution in [3.05, 3.63) is 70.3 Å². The Labute approximate surface area is 142 Å². The molecule has 0 amide bonds. The smallest absolute Gasteiger partial charge is 0.142 e. The molecule has 0 unspecified atom stereocenters. The molecule has 0 saturated heterocycles. The molecule has 0 saturated carbocycles. The van der Waals surface area contributed by atoms with E-state index in [1.807, 2.05) is 12.1 Å². The first-order valence-electron chi connectivity index (χ1n) is 8.05. The van der Waals surface area contributed by atoms with Crippen LogP contribution in [0.15, 0.2) is 48.6 Å². The van der Waals surface area contributed by atoms with E-state index in [9.17, 15) is 0 Å². The van der Waals surface area contributed by atoms with Crippen molar-refractivity contribution in [2.24, 2.45) is 5.92 Å². The van der Waals surface area contributed by atoms with Crippen LogP contribution in [0.4, 0.5) is 5.69 Å². The summed E-state index contributed by atoms with van der Waals surface area (Å²) in [5.41, 5.74) is 5.07. The number of hydrogen-bond donors (Lipinski definition) is 1. The van der Waals surface area contributed by atoms with Gasteiger partial charge in [0.15, 0.2) is 0 Å². The standard InChI is InChI=1S/C20H20ClNO/c1-12-9-10-17(23-2)20-18(12)15-7-4-8-16(15)19(22-20)13-5-3-6-14(21)11-13/h3-7,9-11,15-16,19,22H,8H2,1-2H3/t15-,16-,19-/m1/s1. The second-order valence-corrected chi connectivity index (χ2v) is 6.84.